The number of carbonyl (C=O) groups is 2. The normalized spacial score (nSPS) is 17.0. The summed E-state index contributed by atoms with van der Waals surface area (Å²) in [6.07, 6.45) is 4.38. The van der Waals surface area contributed by atoms with Gasteiger partial charge in [-0.15, -0.1) is 0 Å². The van der Waals surface area contributed by atoms with Crippen molar-refractivity contribution in [2.75, 3.05) is 11.9 Å². The van der Waals surface area contributed by atoms with Gasteiger partial charge < -0.3 is 10.2 Å². The molecule has 1 N–H and O–H groups in total. The Morgan fingerprint density at radius 3 is 2.50 bits per heavy atom. The number of amides is 2. The van der Waals surface area contributed by atoms with Crippen LogP contribution in [0.4, 0.5) is 5.69 Å². The maximum atomic E-state index is 13.1. The Balaban J connectivity index is 1.87. The molecule has 1 heterocycles. The molecule has 1 aliphatic rings. The number of hydrogen-bond donors (Lipinski definition) is 1. The van der Waals surface area contributed by atoms with Gasteiger partial charge in [-0.05, 0) is 12.5 Å². The van der Waals surface area contributed by atoms with Gasteiger partial charge in [-0.2, -0.15) is 0 Å². The van der Waals surface area contributed by atoms with E-state index in [0.29, 0.717) is 5.71 Å². The number of aliphatic imine (C=N–C) groups is 1. The monoisotopic (exact) mass is 405 g/mol. The first-order chi connectivity index (χ1) is 14.5. The van der Waals surface area contributed by atoms with Crippen molar-refractivity contribution in [3.8, 4) is 0 Å². The minimum atomic E-state index is -0.941. The molecule has 5 nitrogen and oxygen atoms in total. The molecule has 158 valence electrons. The van der Waals surface area contributed by atoms with Crippen LogP contribution in [0.15, 0.2) is 59.6 Å². The maximum Gasteiger partial charge on any atom is 0.272 e. The average molecular weight is 406 g/mol. The zero-order chi connectivity index (χ0) is 21.5. The molecule has 2 aromatic carbocycles. The number of benzodiazepines with no additional fused rings is 1. The number of unbranched alkanes of at least 4 members (excludes halogenated alkanes) is 3. The zero-order valence-corrected chi connectivity index (χ0v) is 18.1. The van der Waals surface area contributed by atoms with E-state index in [1.807, 2.05) is 61.5 Å². The van der Waals surface area contributed by atoms with Crippen LogP contribution in [-0.2, 0) is 9.59 Å². The fourth-order valence-corrected chi connectivity index (χ4v) is 3.73. The summed E-state index contributed by atoms with van der Waals surface area (Å²) in [5.41, 5.74) is 3.29. The molecular formula is C25H31N3O2. The number of benzene rings is 2. The first kappa shape index (κ1) is 21.8. The number of fused-ring (bicyclic) bond motifs is 1. The lowest BCUT2D eigenvalue weighted by atomic mass is 10.0. The molecule has 2 aromatic rings. The van der Waals surface area contributed by atoms with E-state index >= 15 is 0 Å². The first-order valence-corrected chi connectivity index (χ1v) is 10.8. The van der Waals surface area contributed by atoms with Gasteiger partial charge in [0.1, 0.15) is 0 Å². The van der Waals surface area contributed by atoms with Crippen molar-refractivity contribution in [3.05, 3.63) is 65.7 Å². The number of nitrogens with zero attached hydrogens (tertiary/aromatic N) is 2. The van der Waals surface area contributed by atoms with Crippen LogP contribution in [0.25, 0.3) is 0 Å². The van der Waals surface area contributed by atoms with Crippen molar-refractivity contribution in [2.24, 2.45) is 10.9 Å². The topological polar surface area (TPSA) is 61.8 Å². The van der Waals surface area contributed by atoms with E-state index in [0.717, 1.165) is 36.1 Å². The largest absolute Gasteiger partial charge is 0.326 e. The molecule has 0 radical (unpaired) electrons. The van der Waals surface area contributed by atoms with Gasteiger partial charge in [-0.25, -0.2) is 4.99 Å². The minimum absolute atomic E-state index is 0.125. The lowest BCUT2D eigenvalue weighted by Gasteiger charge is -2.22. The van der Waals surface area contributed by atoms with Crippen LogP contribution in [0.3, 0.4) is 0 Å². The van der Waals surface area contributed by atoms with E-state index in [4.69, 9.17) is 4.99 Å². The number of anilines is 1. The van der Waals surface area contributed by atoms with Crippen LogP contribution in [0.5, 0.6) is 0 Å². The summed E-state index contributed by atoms with van der Waals surface area (Å²) in [6, 6.07) is 17.5. The van der Waals surface area contributed by atoms with Crippen LogP contribution in [0.1, 0.15) is 57.1 Å². The molecule has 0 saturated heterocycles. The summed E-state index contributed by atoms with van der Waals surface area (Å²) in [5, 5.41) is 2.90. The second-order valence-corrected chi connectivity index (χ2v) is 7.92. The highest BCUT2D eigenvalue weighted by Gasteiger charge is 2.31. The number of nitrogens with one attached hydrogen (secondary N) is 1. The fourth-order valence-electron chi connectivity index (χ4n) is 3.73. The van der Waals surface area contributed by atoms with Crippen LogP contribution in [0.2, 0.25) is 0 Å². The smallest absolute Gasteiger partial charge is 0.272 e. The highest BCUT2D eigenvalue weighted by atomic mass is 16.2. The summed E-state index contributed by atoms with van der Waals surface area (Å²) >= 11 is 0. The number of hydrogen-bond acceptors (Lipinski definition) is 3. The van der Waals surface area contributed by atoms with Gasteiger partial charge in [0.25, 0.3) is 5.91 Å². The Labute approximate surface area is 179 Å². The van der Waals surface area contributed by atoms with Gasteiger partial charge in [0.15, 0.2) is 0 Å². The molecule has 0 saturated carbocycles. The lowest BCUT2D eigenvalue weighted by Crippen LogP contribution is -2.47. The van der Waals surface area contributed by atoms with Crippen molar-refractivity contribution < 1.29 is 9.59 Å². The quantitative estimate of drug-likeness (QED) is 0.655. The van der Waals surface area contributed by atoms with E-state index < -0.39 is 6.17 Å². The second kappa shape index (κ2) is 10.2. The van der Waals surface area contributed by atoms with E-state index in [1.54, 1.807) is 11.9 Å². The van der Waals surface area contributed by atoms with E-state index in [9.17, 15) is 9.59 Å². The summed E-state index contributed by atoms with van der Waals surface area (Å²) in [6.45, 7) is 4.09. The molecule has 3 rings (SSSR count). The van der Waals surface area contributed by atoms with Gasteiger partial charge in [0.05, 0.1) is 11.4 Å². The minimum Gasteiger partial charge on any atom is -0.326 e. The number of likely N-dealkylation sites (N-methyl/N-ethyl adjacent to an activating group) is 1. The Hall–Kier alpha value is -2.95. The standard InChI is InChI=1S/C25H31N3O2/c1-4-5-6-8-13-18(2)24(29)27-23-25(30)28(3)21-17-12-11-16-20(21)22(26-23)19-14-9-7-10-15-19/h7,9-12,14-18,23H,4-6,8,13H2,1-3H3,(H,27,29)/t18?,23-/m0/s1. The zero-order valence-electron chi connectivity index (χ0n) is 18.1. The highest BCUT2D eigenvalue weighted by Crippen LogP contribution is 2.27. The van der Waals surface area contributed by atoms with Crippen LogP contribution < -0.4 is 10.2 Å². The Kier molecular flexibility index (Phi) is 7.39. The van der Waals surface area contributed by atoms with Crippen LogP contribution in [0, 0.1) is 5.92 Å². The Bertz CT molecular complexity index is 908. The molecule has 5 heteroatoms. The number of rotatable bonds is 8. The van der Waals surface area contributed by atoms with Gasteiger partial charge in [-0.1, -0.05) is 88.1 Å². The molecule has 1 unspecified atom stereocenters. The van der Waals surface area contributed by atoms with Crippen molar-refractivity contribution in [1.29, 1.82) is 0 Å². The SMILES string of the molecule is CCCCCCC(C)C(=O)N[C@@H]1N=C(c2ccccc2)c2ccccc2N(C)C1=O. The fraction of sp³-hybridized carbons (Fsp3) is 0.400. The van der Waals surface area contributed by atoms with Gasteiger partial charge in [0, 0.05) is 24.1 Å². The maximum absolute atomic E-state index is 13.1. The predicted octanol–water partition coefficient (Wildman–Crippen LogP) is 4.55. The van der Waals surface area contributed by atoms with Crippen molar-refractivity contribution in [1.82, 2.24) is 5.32 Å². The molecule has 0 aromatic heterocycles. The van der Waals surface area contributed by atoms with E-state index in [-0.39, 0.29) is 17.7 Å². The van der Waals surface area contributed by atoms with Crippen molar-refractivity contribution >= 4 is 23.2 Å². The molecule has 0 spiro atoms. The van der Waals surface area contributed by atoms with Gasteiger partial charge in [0.2, 0.25) is 12.1 Å². The van der Waals surface area contributed by atoms with Gasteiger partial charge >= 0.3 is 0 Å². The van der Waals surface area contributed by atoms with Crippen molar-refractivity contribution in [3.63, 3.8) is 0 Å². The third kappa shape index (κ3) is 4.96. The summed E-state index contributed by atoms with van der Waals surface area (Å²) in [4.78, 5) is 32.3. The molecule has 0 aliphatic carbocycles. The predicted molar refractivity (Wildman–Crippen MR) is 122 cm³/mol. The molecule has 2 amide bonds. The second-order valence-electron chi connectivity index (χ2n) is 7.92. The summed E-state index contributed by atoms with van der Waals surface area (Å²) < 4.78 is 0. The number of carbonyl (C=O) groups excluding carboxylic acids is 2. The van der Waals surface area contributed by atoms with Gasteiger partial charge in [-0.3, -0.25) is 9.59 Å². The first-order valence-electron chi connectivity index (χ1n) is 10.8. The highest BCUT2D eigenvalue weighted by molar-refractivity contribution is 6.20. The summed E-state index contributed by atoms with van der Waals surface area (Å²) in [5.74, 6) is -0.513. The number of para-hydroxylation sites is 1. The Morgan fingerprint density at radius 1 is 1.07 bits per heavy atom. The van der Waals surface area contributed by atoms with E-state index in [2.05, 4.69) is 12.2 Å². The third-order valence-corrected chi connectivity index (χ3v) is 5.61. The molecule has 0 bridgehead atoms. The molecule has 0 fully saturated rings. The Morgan fingerprint density at radius 2 is 1.77 bits per heavy atom. The van der Waals surface area contributed by atoms with E-state index in [1.165, 1.54) is 12.8 Å². The molecule has 2 atom stereocenters. The molecule has 30 heavy (non-hydrogen) atoms. The lowest BCUT2D eigenvalue weighted by molar-refractivity contribution is -0.129. The van der Waals surface area contributed by atoms with Crippen LogP contribution in [-0.4, -0.2) is 30.7 Å². The average Bonchev–Trinajstić information content (AvgIpc) is 2.88. The summed E-state index contributed by atoms with van der Waals surface area (Å²) in [7, 11) is 1.73. The molecule has 1 aliphatic heterocycles. The van der Waals surface area contributed by atoms with Crippen molar-refractivity contribution in [2.45, 2.75) is 52.1 Å². The third-order valence-electron chi connectivity index (χ3n) is 5.61. The van der Waals surface area contributed by atoms with Crippen LogP contribution >= 0.6 is 0 Å². The molecular weight excluding hydrogens is 374 g/mol.